The lowest BCUT2D eigenvalue weighted by atomic mass is 9.68. The lowest BCUT2D eigenvalue weighted by molar-refractivity contribution is 0.00578. The first-order chi connectivity index (χ1) is 25.6. The van der Waals surface area contributed by atoms with Crippen molar-refractivity contribution in [3.05, 3.63) is 196 Å². The van der Waals surface area contributed by atoms with E-state index in [2.05, 4.69) is 174 Å². The normalized spacial score (nSPS) is 22.2. The summed E-state index contributed by atoms with van der Waals surface area (Å²) in [6.45, 7) is 15.7. The Bertz CT molecular complexity index is 2460. The number of hydrogen-bond acceptors (Lipinski definition) is 2. The van der Waals surface area contributed by atoms with E-state index in [1.807, 2.05) is 0 Å². The fourth-order valence-corrected chi connectivity index (χ4v) is 8.60. The lowest BCUT2D eigenvalue weighted by Gasteiger charge is -2.32. The van der Waals surface area contributed by atoms with Crippen molar-refractivity contribution in [1.82, 2.24) is 0 Å². The topological polar surface area (TPSA) is 18.5 Å². The number of hydrogen-bond donors (Lipinski definition) is 0. The molecule has 0 saturated carbocycles. The fraction of sp³-hybridized carbons (Fsp3) is 0.200. The van der Waals surface area contributed by atoms with Gasteiger partial charge >= 0.3 is 7.12 Å². The highest BCUT2D eigenvalue weighted by atomic mass is 16.7. The summed E-state index contributed by atoms with van der Waals surface area (Å²) in [6.07, 6.45) is 12.9. The van der Waals surface area contributed by atoms with E-state index in [-0.39, 0.29) is 5.92 Å². The van der Waals surface area contributed by atoms with Crippen LogP contribution in [-0.2, 0) is 15.7 Å². The highest BCUT2D eigenvalue weighted by molar-refractivity contribution is 6.56. The molecule has 0 spiro atoms. The van der Waals surface area contributed by atoms with Crippen molar-refractivity contribution in [2.24, 2.45) is 5.92 Å². The van der Waals surface area contributed by atoms with Gasteiger partial charge in [0.2, 0.25) is 0 Å². The zero-order chi connectivity index (χ0) is 36.5. The van der Waals surface area contributed by atoms with Crippen molar-refractivity contribution in [3.63, 3.8) is 0 Å². The van der Waals surface area contributed by atoms with Crippen LogP contribution in [0, 0.1) is 5.92 Å². The number of benzene rings is 5. The molecular weight excluding hydrogens is 643 g/mol. The Morgan fingerprint density at radius 1 is 0.717 bits per heavy atom. The summed E-state index contributed by atoms with van der Waals surface area (Å²) in [7, 11) is -0.435. The monoisotopic (exact) mass is 688 g/mol. The van der Waals surface area contributed by atoms with Gasteiger partial charge in [0, 0.05) is 0 Å². The van der Waals surface area contributed by atoms with Gasteiger partial charge in [0.1, 0.15) is 0 Å². The first kappa shape index (κ1) is 33.6. The SMILES string of the molecule is C=C1/C(=C(/c2ccccc2)c2c(Cc3ccccc3)cc3c4c(cccc24)-c2ccccc2-3)C2=CC=C(B3OC(C)(C)C(C)(C)O3)/C(=C/C=C\C1C)C2. The Balaban J connectivity index is 1.36. The fourth-order valence-electron chi connectivity index (χ4n) is 8.60. The van der Waals surface area contributed by atoms with Gasteiger partial charge in [0.05, 0.1) is 11.2 Å². The maximum Gasteiger partial charge on any atom is 0.495 e. The Hall–Kier alpha value is -5.22. The van der Waals surface area contributed by atoms with Crippen LogP contribution in [0.5, 0.6) is 0 Å². The van der Waals surface area contributed by atoms with Crippen molar-refractivity contribution in [3.8, 4) is 22.3 Å². The molecule has 5 aromatic rings. The van der Waals surface area contributed by atoms with Crippen LogP contribution in [-0.4, -0.2) is 18.3 Å². The number of allylic oxidation sites excluding steroid dienone is 10. The molecule has 0 N–H and O–H groups in total. The number of rotatable bonds is 5. The third kappa shape index (κ3) is 5.57. The highest BCUT2D eigenvalue weighted by Crippen LogP contribution is 2.52. The first-order valence-corrected chi connectivity index (χ1v) is 19.0. The maximum atomic E-state index is 6.61. The molecule has 0 aromatic heterocycles. The minimum atomic E-state index is -0.435. The second-order valence-electron chi connectivity index (χ2n) is 16.0. The zero-order valence-electron chi connectivity index (χ0n) is 31.4. The summed E-state index contributed by atoms with van der Waals surface area (Å²) in [4.78, 5) is 0. The van der Waals surface area contributed by atoms with Crippen molar-refractivity contribution in [1.29, 1.82) is 0 Å². The zero-order valence-corrected chi connectivity index (χ0v) is 31.4. The standard InChI is InChI=1S/C50H45BO2/c1-32-17-15-22-36-30-37(27-28-44(36)51-52-49(3,4)50(5,6)53-51)45(33(32)2)47(35-20-11-8-12-21-35)46-38(29-34-18-9-7-10-19-34)31-43-40-24-14-13-23-39(40)41-25-16-26-42(46)48(41)43/h7-28,31-32H,2,29-30H2,1,3-6H3/b17-15-,36-22+,47-45+. The molecule has 3 aliphatic carbocycles. The molecule has 1 atom stereocenters. The molecule has 1 aliphatic heterocycles. The van der Waals surface area contributed by atoms with Crippen molar-refractivity contribution < 1.29 is 9.31 Å². The summed E-state index contributed by atoms with van der Waals surface area (Å²) in [5, 5.41) is 2.61. The van der Waals surface area contributed by atoms with E-state index < -0.39 is 18.3 Å². The summed E-state index contributed by atoms with van der Waals surface area (Å²) < 4.78 is 13.2. The molecule has 2 bridgehead atoms. The lowest BCUT2D eigenvalue weighted by Crippen LogP contribution is -2.41. The Kier molecular flexibility index (Phi) is 8.07. The summed E-state index contributed by atoms with van der Waals surface area (Å²) in [6, 6.07) is 40.2. The molecule has 5 aromatic carbocycles. The van der Waals surface area contributed by atoms with Crippen LogP contribution in [0.1, 0.15) is 63.3 Å². The van der Waals surface area contributed by atoms with Gasteiger partial charge in [0.15, 0.2) is 0 Å². The molecule has 53 heavy (non-hydrogen) atoms. The van der Waals surface area contributed by atoms with E-state index in [1.54, 1.807) is 0 Å². The average molecular weight is 689 g/mol. The first-order valence-electron chi connectivity index (χ1n) is 19.0. The second-order valence-corrected chi connectivity index (χ2v) is 16.0. The third-order valence-electron chi connectivity index (χ3n) is 12.2. The van der Waals surface area contributed by atoms with Crippen LogP contribution in [0.4, 0.5) is 0 Å². The molecule has 1 saturated heterocycles. The molecule has 4 aliphatic rings. The van der Waals surface area contributed by atoms with Gasteiger partial charge in [-0.1, -0.05) is 147 Å². The van der Waals surface area contributed by atoms with Crippen LogP contribution in [0.2, 0.25) is 0 Å². The summed E-state index contributed by atoms with van der Waals surface area (Å²) in [5.74, 6) is 0.111. The van der Waals surface area contributed by atoms with E-state index in [9.17, 15) is 0 Å². The van der Waals surface area contributed by atoms with Gasteiger partial charge in [-0.15, -0.1) is 0 Å². The Morgan fingerprint density at radius 3 is 2.08 bits per heavy atom. The predicted octanol–water partition coefficient (Wildman–Crippen LogP) is 12.5. The van der Waals surface area contributed by atoms with E-state index in [0.717, 1.165) is 23.9 Å². The van der Waals surface area contributed by atoms with E-state index in [0.29, 0.717) is 0 Å². The van der Waals surface area contributed by atoms with E-state index >= 15 is 0 Å². The largest absolute Gasteiger partial charge is 0.495 e. The van der Waals surface area contributed by atoms with Crippen LogP contribution >= 0.6 is 0 Å². The molecule has 1 fully saturated rings. The molecule has 1 heterocycles. The van der Waals surface area contributed by atoms with Crippen LogP contribution < -0.4 is 0 Å². The van der Waals surface area contributed by atoms with Crippen LogP contribution in [0.15, 0.2) is 174 Å². The molecule has 3 heteroatoms. The molecule has 9 rings (SSSR count). The second kappa shape index (κ2) is 12.7. The van der Waals surface area contributed by atoms with Gasteiger partial charge in [-0.3, -0.25) is 0 Å². The van der Waals surface area contributed by atoms with E-state index in [1.165, 1.54) is 77.6 Å². The Morgan fingerprint density at radius 2 is 1.36 bits per heavy atom. The summed E-state index contributed by atoms with van der Waals surface area (Å²) in [5.41, 5.74) is 16.6. The summed E-state index contributed by atoms with van der Waals surface area (Å²) >= 11 is 0. The molecule has 0 amide bonds. The smallest absolute Gasteiger partial charge is 0.399 e. The quantitative estimate of drug-likeness (QED) is 0.168. The van der Waals surface area contributed by atoms with Crippen molar-refractivity contribution >= 4 is 23.5 Å². The minimum absolute atomic E-state index is 0.111. The van der Waals surface area contributed by atoms with Crippen LogP contribution in [0.25, 0.3) is 38.6 Å². The predicted molar refractivity (Wildman–Crippen MR) is 222 cm³/mol. The van der Waals surface area contributed by atoms with Crippen molar-refractivity contribution in [2.75, 3.05) is 0 Å². The average Bonchev–Trinajstić information content (AvgIpc) is 3.61. The molecular formula is C50H45BO2. The minimum Gasteiger partial charge on any atom is -0.399 e. The van der Waals surface area contributed by atoms with E-state index in [4.69, 9.17) is 15.9 Å². The maximum absolute atomic E-state index is 6.61. The highest BCUT2D eigenvalue weighted by Gasteiger charge is 2.53. The number of fused-ring (bicyclic) bond motifs is 5. The Labute approximate surface area is 314 Å². The van der Waals surface area contributed by atoms with Gasteiger partial charge in [-0.2, -0.15) is 0 Å². The van der Waals surface area contributed by atoms with Gasteiger partial charge in [0.25, 0.3) is 0 Å². The van der Waals surface area contributed by atoms with Crippen molar-refractivity contribution in [2.45, 2.75) is 58.7 Å². The third-order valence-corrected chi connectivity index (χ3v) is 12.2. The van der Waals surface area contributed by atoms with Gasteiger partial charge in [-0.25, -0.2) is 0 Å². The molecule has 0 radical (unpaired) electrons. The van der Waals surface area contributed by atoms with Crippen LogP contribution in [0.3, 0.4) is 0 Å². The molecule has 2 nitrogen and oxygen atoms in total. The van der Waals surface area contributed by atoms with Gasteiger partial charge in [-0.05, 0) is 141 Å². The molecule has 1 unspecified atom stereocenters. The van der Waals surface area contributed by atoms with Gasteiger partial charge < -0.3 is 9.31 Å². The molecule has 260 valence electrons.